The Balaban J connectivity index is 2.08. The molecule has 1 aromatic heterocycles. The Bertz CT molecular complexity index is 524. The van der Waals surface area contributed by atoms with Gasteiger partial charge in [0, 0.05) is 43.4 Å². The molecule has 0 spiro atoms. The topological polar surface area (TPSA) is 71.3 Å². The van der Waals surface area contributed by atoms with Gasteiger partial charge in [0.2, 0.25) is 0 Å². The van der Waals surface area contributed by atoms with E-state index >= 15 is 0 Å². The number of carbonyl (C=O) groups excluding carboxylic acids is 1. The highest BCUT2D eigenvalue weighted by Crippen LogP contribution is 2.23. The van der Waals surface area contributed by atoms with Gasteiger partial charge in [-0.3, -0.25) is 9.59 Å². The third-order valence-corrected chi connectivity index (χ3v) is 4.08. The first-order chi connectivity index (χ1) is 9.61. The van der Waals surface area contributed by atoms with E-state index in [1.807, 2.05) is 0 Å². The number of rotatable bonds is 3. The van der Waals surface area contributed by atoms with E-state index in [0.717, 1.165) is 32.1 Å². The van der Waals surface area contributed by atoms with Crippen LogP contribution in [0.2, 0.25) is 0 Å². The molecule has 0 aromatic carbocycles. The van der Waals surface area contributed by atoms with Crippen molar-refractivity contribution in [1.82, 2.24) is 9.88 Å². The molecule has 1 saturated carbocycles. The van der Waals surface area contributed by atoms with Crippen LogP contribution in [0.3, 0.4) is 0 Å². The van der Waals surface area contributed by atoms with E-state index in [-0.39, 0.29) is 30.0 Å². The molecule has 0 saturated heterocycles. The molecule has 2 N–H and O–H groups in total. The number of carbonyl (C=O) groups is 1. The van der Waals surface area contributed by atoms with Gasteiger partial charge in [0.05, 0.1) is 0 Å². The van der Waals surface area contributed by atoms with Gasteiger partial charge in [0.1, 0.15) is 0 Å². The van der Waals surface area contributed by atoms with Gasteiger partial charge in [0.15, 0.2) is 0 Å². The fourth-order valence-corrected chi connectivity index (χ4v) is 2.73. The first-order valence-electron chi connectivity index (χ1n) is 7.20. The van der Waals surface area contributed by atoms with Crippen LogP contribution in [0.25, 0.3) is 0 Å². The number of nitrogens with one attached hydrogen (secondary N) is 1. The number of aliphatic hydroxyl groups is 1. The Morgan fingerprint density at radius 1 is 1.40 bits per heavy atom. The molecular formula is C15H22N2O3. The Hall–Kier alpha value is -1.62. The lowest BCUT2D eigenvalue weighted by molar-refractivity contribution is 0.0899. The minimum Gasteiger partial charge on any atom is -0.396 e. The third kappa shape index (κ3) is 3.48. The molecule has 0 radical (unpaired) electrons. The predicted octanol–water partition coefficient (Wildman–Crippen LogP) is 1.06. The number of aryl methyl sites for hydroxylation is 1. The molecular weight excluding hydrogens is 256 g/mol. The summed E-state index contributed by atoms with van der Waals surface area (Å²) in [5.74, 6) is -0.110. The van der Waals surface area contributed by atoms with Crippen LogP contribution >= 0.6 is 0 Å². The number of hydrogen-bond acceptors (Lipinski definition) is 3. The second-order valence-corrected chi connectivity index (χ2v) is 5.53. The molecule has 110 valence electrons. The molecule has 1 aliphatic carbocycles. The summed E-state index contributed by atoms with van der Waals surface area (Å²) in [6, 6.07) is 2.99. The van der Waals surface area contributed by atoms with Gasteiger partial charge in [-0.15, -0.1) is 0 Å². The molecule has 2 rings (SSSR count). The minimum atomic E-state index is -0.229. The zero-order chi connectivity index (χ0) is 14.5. The van der Waals surface area contributed by atoms with E-state index in [4.69, 9.17) is 0 Å². The van der Waals surface area contributed by atoms with Crippen LogP contribution in [0.15, 0.2) is 23.1 Å². The third-order valence-electron chi connectivity index (χ3n) is 4.08. The summed E-state index contributed by atoms with van der Waals surface area (Å²) in [5, 5.41) is 12.4. The lowest BCUT2D eigenvalue weighted by atomic mass is 9.95. The molecule has 1 fully saturated rings. The minimum absolute atomic E-state index is 0.000872. The van der Waals surface area contributed by atoms with E-state index in [1.54, 1.807) is 19.3 Å². The van der Waals surface area contributed by atoms with Gasteiger partial charge < -0.3 is 15.0 Å². The SMILES string of the molecule is Cn1ccc(C(=O)NC2CCCCCC2CO)cc1=O. The Kier molecular flexibility index (Phi) is 4.95. The van der Waals surface area contributed by atoms with Crippen molar-refractivity contribution >= 4 is 5.91 Å². The normalized spacial score (nSPS) is 23.1. The highest BCUT2D eigenvalue weighted by molar-refractivity contribution is 5.94. The number of nitrogens with zero attached hydrogens (tertiary/aromatic N) is 1. The van der Waals surface area contributed by atoms with Crippen LogP contribution in [0.1, 0.15) is 42.5 Å². The van der Waals surface area contributed by atoms with Gasteiger partial charge in [-0.05, 0) is 18.9 Å². The quantitative estimate of drug-likeness (QED) is 0.812. The monoisotopic (exact) mass is 278 g/mol. The number of aliphatic hydroxyl groups excluding tert-OH is 1. The summed E-state index contributed by atoms with van der Waals surface area (Å²) in [5.41, 5.74) is 0.186. The largest absolute Gasteiger partial charge is 0.396 e. The maximum atomic E-state index is 12.2. The Morgan fingerprint density at radius 3 is 2.85 bits per heavy atom. The highest BCUT2D eigenvalue weighted by Gasteiger charge is 2.25. The van der Waals surface area contributed by atoms with Crippen molar-refractivity contribution in [2.24, 2.45) is 13.0 Å². The molecule has 0 bridgehead atoms. The molecule has 5 heteroatoms. The van der Waals surface area contributed by atoms with E-state index in [1.165, 1.54) is 10.6 Å². The highest BCUT2D eigenvalue weighted by atomic mass is 16.3. The smallest absolute Gasteiger partial charge is 0.251 e. The van der Waals surface area contributed by atoms with Gasteiger partial charge in [-0.1, -0.05) is 19.3 Å². The van der Waals surface area contributed by atoms with E-state index in [9.17, 15) is 14.7 Å². The van der Waals surface area contributed by atoms with Crippen molar-refractivity contribution in [3.8, 4) is 0 Å². The molecule has 1 aromatic rings. The van der Waals surface area contributed by atoms with Crippen LogP contribution in [-0.2, 0) is 7.05 Å². The first kappa shape index (κ1) is 14.8. The second-order valence-electron chi connectivity index (χ2n) is 5.53. The van der Waals surface area contributed by atoms with Gasteiger partial charge in [-0.2, -0.15) is 0 Å². The van der Waals surface area contributed by atoms with Crippen LogP contribution in [-0.4, -0.2) is 28.2 Å². The molecule has 2 unspecified atom stereocenters. The predicted molar refractivity (Wildman–Crippen MR) is 76.6 cm³/mol. The molecule has 5 nitrogen and oxygen atoms in total. The molecule has 2 atom stereocenters. The summed E-state index contributed by atoms with van der Waals surface area (Å²) in [6.45, 7) is 0.0987. The van der Waals surface area contributed by atoms with Crippen molar-refractivity contribution < 1.29 is 9.90 Å². The lowest BCUT2D eigenvalue weighted by Crippen LogP contribution is -2.41. The molecule has 1 amide bonds. The number of amides is 1. The summed E-state index contributed by atoms with van der Waals surface area (Å²) >= 11 is 0. The average molecular weight is 278 g/mol. The number of pyridine rings is 1. The van der Waals surface area contributed by atoms with Crippen LogP contribution in [0, 0.1) is 5.92 Å². The first-order valence-corrected chi connectivity index (χ1v) is 7.20. The van der Waals surface area contributed by atoms with E-state index < -0.39 is 0 Å². The fraction of sp³-hybridized carbons (Fsp3) is 0.600. The van der Waals surface area contributed by atoms with Crippen molar-refractivity contribution in [2.45, 2.75) is 38.1 Å². The van der Waals surface area contributed by atoms with Gasteiger partial charge >= 0.3 is 0 Å². The average Bonchev–Trinajstić information content (AvgIpc) is 2.66. The van der Waals surface area contributed by atoms with Crippen LogP contribution in [0.4, 0.5) is 0 Å². The second kappa shape index (κ2) is 6.70. The number of hydrogen-bond donors (Lipinski definition) is 2. The van der Waals surface area contributed by atoms with Crippen molar-refractivity contribution in [3.05, 3.63) is 34.2 Å². The zero-order valence-corrected chi connectivity index (χ0v) is 11.8. The molecule has 20 heavy (non-hydrogen) atoms. The summed E-state index contributed by atoms with van der Waals surface area (Å²) in [6.07, 6.45) is 6.74. The van der Waals surface area contributed by atoms with Crippen LogP contribution < -0.4 is 10.9 Å². The Morgan fingerprint density at radius 2 is 2.15 bits per heavy atom. The van der Waals surface area contributed by atoms with E-state index in [2.05, 4.69) is 5.32 Å². The van der Waals surface area contributed by atoms with Crippen molar-refractivity contribution in [1.29, 1.82) is 0 Å². The fourth-order valence-electron chi connectivity index (χ4n) is 2.73. The molecule has 1 aliphatic rings. The lowest BCUT2D eigenvalue weighted by Gasteiger charge is -2.24. The van der Waals surface area contributed by atoms with Gasteiger partial charge in [0.25, 0.3) is 11.5 Å². The van der Waals surface area contributed by atoms with Crippen molar-refractivity contribution in [2.75, 3.05) is 6.61 Å². The van der Waals surface area contributed by atoms with Crippen LogP contribution in [0.5, 0.6) is 0 Å². The Labute approximate surface area is 118 Å². The maximum Gasteiger partial charge on any atom is 0.251 e. The van der Waals surface area contributed by atoms with Gasteiger partial charge in [-0.25, -0.2) is 0 Å². The van der Waals surface area contributed by atoms with E-state index in [0.29, 0.717) is 5.56 Å². The molecule has 1 heterocycles. The summed E-state index contributed by atoms with van der Waals surface area (Å²) < 4.78 is 1.43. The maximum absolute atomic E-state index is 12.2. The molecule has 0 aliphatic heterocycles. The van der Waals surface area contributed by atoms with Crippen molar-refractivity contribution in [3.63, 3.8) is 0 Å². The summed E-state index contributed by atoms with van der Waals surface area (Å²) in [4.78, 5) is 23.8. The standard InChI is InChI=1S/C15H22N2O3/c1-17-8-7-11(9-14(17)19)15(20)16-13-6-4-2-3-5-12(13)10-18/h7-9,12-13,18H,2-6,10H2,1H3,(H,16,20). The summed E-state index contributed by atoms with van der Waals surface area (Å²) in [7, 11) is 1.65. The zero-order valence-electron chi connectivity index (χ0n) is 11.8. The number of aromatic nitrogens is 1.